The molecule has 0 saturated carbocycles. The third kappa shape index (κ3) is 4.69. The summed E-state index contributed by atoms with van der Waals surface area (Å²) in [7, 11) is 0. The van der Waals surface area contributed by atoms with Crippen molar-refractivity contribution in [2.24, 2.45) is 0 Å². The lowest BCUT2D eigenvalue weighted by Gasteiger charge is -2.34. The highest BCUT2D eigenvalue weighted by molar-refractivity contribution is 5.92. The minimum Gasteiger partial charge on any atom is -0.492 e. The zero-order chi connectivity index (χ0) is 19.2. The molecule has 1 aromatic heterocycles. The van der Waals surface area contributed by atoms with Crippen molar-refractivity contribution >= 4 is 5.91 Å². The van der Waals surface area contributed by atoms with Gasteiger partial charge in [-0.25, -0.2) is 4.68 Å². The van der Waals surface area contributed by atoms with E-state index in [0.717, 1.165) is 51.3 Å². The summed E-state index contributed by atoms with van der Waals surface area (Å²) < 4.78 is 7.63. The van der Waals surface area contributed by atoms with E-state index in [2.05, 4.69) is 20.5 Å². The van der Waals surface area contributed by atoms with Crippen molar-refractivity contribution < 1.29 is 9.53 Å². The third-order valence-electron chi connectivity index (χ3n) is 5.49. The molecule has 0 bridgehead atoms. The van der Waals surface area contributed by atoms with Crippen molar-refractivity contribution in [3.63, 3.8) is 0 Å². The predicted octanol–water partition coefficient (Wildman–Crippen LogP) is 1.04. The van der Waals surface area contributed by atoms with Crippen LogP contribution in [0.5, 0.6) is 5.75 Å². The molecule has 2 fully saturated rings. The van der Waals surface area contributed by atoms with E-state index in [1.165, 1.54) is 0 Å². The van der Waals surface area contributed by atoms with E-state index in [0.29, 0.717) is 31.4 Å². The Hall–Kier alpha value is -2.45. The first-order chi connectivity index (χ1) is 13.8. The lowest BCUT2D eigenvalue weighted by Crippen LogP contribution is -2.49. The maximum absolute atomic E-state index is 12.8. The first-order valence-corrected chi connectivity index (χ1v) is 10.1. The number of piperidine rings is 1. The number of carbonyl (C=O) groups is 1. The highest BCUT2D eigenvalue weighted by Crippen LogP contribution is 2.18. The second kappa shape index (κ2) is 9.16. The molecule has 4 rings (SSSR count). The molecule has 8 nitrogen and oxygen atoms in total. The number of hydrogen-bond donors (Lipinski definition) is 1. The molecule has 1 amide bonds. The Morgan fingerprint density at radius 2 is 1.86 bits per heavy atom. The van der Waals surface area contributed by atoms with Gasteiger partial charge in [-0.15, -0.1) is 5.10 Å². The zero-order valence-corrected chi connectivity index (χ0v) is 16.2. The normalized spacial score (nSPS) is 18.9. The molecular weight excluding hydrogens is 356 g/mol. The van der Waals surface area contributed by atoms with Crippen LogP contribution in [0.1, 0.15) is 29.4 Å². The Morgan fingerprint density at radius 3 is 2.61 bits per heavy atom. The highest BCUT2D eigenvalue weighted by Gasteiger charge is 2.25. The van der Waals surface area contributed by atoms with Crippen LogP contribution in [0.25, 0.3) is 0 Å². The topological polar surface area (TPSA) is 75.5 Å². The van der Waals surface area contributed by atoms with Crippen molar-refractivity contribution in [1.29, 1.82) is 0 Å². The van der Waals surface area contributed by atoms with Crippen molar-refractivity contribution in [3.8, 4) is 5.75 Å². The first-order valence-electron chi connectivity index (χ1n) is 10.1. The summed E-state index contributed by atoms with van der Waals surface area (Å²) in [5.41, 5.74) is 0.458. The molecule has 0 unspecified atom stereocenters. The van der Waals surface area contributed by atoms with Gasteiger partial charge in [-0.05, 0) is 38.1 Å². The molecule has 0 aliphatic carbocycles. The van der Waals surface area contributed by atoms with Gasteiger partial charge in [0.1, 0.15) is 12.4 Å². The number of para-hydroxylation sites is 1. The quantitative estimate of drug-likeness (QED) is 0.802. The molecule has 0 spiro atoms. The summed E-state index contributed by atoms with van der Waals surface area (Å²) in [6, 6.07) is 10.2. The number of aromatic nitrogens is 3. The average molecular weight is 384 g/mol. The molecule has 0 atom stereocenters. The van der Waals surface area contributed by atoms with E-state index in [1.54, 1.807) is 0 Å². The summed E-state index contributed by atoms with van der Waals surface area (Å²) in [5.74, 6) is 0.883. The summed E-state index contributed by atoms with van der Waals surface area (Å²) in [6.45, 7) is 6.63. The number of carbonyl (C=O) groups excluding carboxylic acids is 1. The summed E-state index contributed by atoms with van der Waals surface area (Å²) in [5, 5.41) is 11.7. The van der Waals surface area contributed by atoms with Gasteiger partial charge < -0.3 is 15.0 Å². The summed E-state index contributed by atoms with van der Waals surface area (Å²) in [4.78, 5) is 17.0. The van der Waals surface area contributed by atoms with Crippen LogP contribution in [0.4, 0.5) is 0 Å². The van der Waals surface area contributed by atoms with E-state index in [1.807, 2.05) is 46.1 Å². The summed E-state index contributed by atoms with van der Waals surface area (Å²) >= 11 is 0. The summed E-state index contributed by atoms with van der Waals surface area (Å²) in [6.07, 6.45) is 3.87. The van der Waals surface area contributed by atoms with Gasteiger partial charge in [-0.2, -0.15) is 0 Å². The van der Waals surface area contributed by atoms with E-state index in [-0.39, 0.29) is 5.91 Å². The van der Waals surface area contributed by atoms with E-state index >= 15 is 0 Å². The third-order valence-corrected chi connectivity index (χ3v) is 5.49. The fourth-order valence-corrected chi connectivity index (χ4v) is 3.77. The van der Waals surface area contributed by atoms with Gasteiger partial charge in [0.2, 0.25) is 0 Å². The van der Waals surface area contributed by atoms with E-state index in [9.17, 15) is 4.79 Å². The average Bonchev–Trinajstić information content (AvgIpc) is 3.25. The maximum Gasteiger partial charge on any atom is 0.276 e. The molecule has 150 valence electrons. The fraction of sp³-hybridized carbons (Fsp3) is 0.550. The second-order valence-electron chi connectivity index (χ2n) is 7.36. The van der Waals surface area contributed by atoms with Crippen LogP contribution < -0.4 is 10.1 Å². The van der Waals surface area contributed by atoms with Crippen LogP contribution in [-0.2, 0) is 0 Å². The van der Waals surface area contributed by atoms with Gasteiger partial charge in [0, 0.05) is 32.7 Å². The lowest BCUT2D eigenvalue weighted by molar-refractivity contribution is 0.0614. The number of nitrogens with zero attached hydrogens (tertiary/aromatic N) is 5. The Kier molecular flexibility index (Phi) is 6.18. The highest BCUT2D eigenvalue weighted by atomic mass is 16.5. The van der Waals surface area contributed by atoms with Crippen LogP contribution in [-0.4, -0.2) is 83.1 Å². The lowest BCUT2D eigenvalue weighted by atomic mass is 10.1. The van der Waals surface area contributed by atoms with E-state index < -0.39 is 0 Å². The van der Waals surface area contributed by atoms with Gasteiger partial charge in [-0.3, -0.25) is 9.69 Å². The van der Waals surface area contributed by atoms with Gasteiger partial charge >= 0.3 is 0 Å². The van der Waals surface area contributed by atoms with Crippen molar-refractivity contribution in [2.45, 2.75) is 18.9 Å². The minimum atomic E-state index is -0.0135. The Labute approximate surface area is 165 Å². The van der Waals surface area contributed by atoms with E-state index in [4.69, 9.17) is 4.74 Å². The molecule has 2 aliphatic rings. The Bertz CT molecular complexity index is 751. The van der Waals surface area contributed by atoms with Gasteiger partial charge in [0.25, 0.3) is 5.91 Å². The van der Waals surface area contributed by atoms with Crippen LogP contribution in [0.2, 0.25) is 0 Å². The number of ether oxygens (including phenoxy) is 1. The SMILES string of the molecule is O=C(c1cn(C2CCNCC2)nn1)N1CCN(CCOc2ccccc2)CC1. The number of benzene rings is 1. The number of amides is 1. The fourth-order valence-electron chi connectivity index (χ4n) is 3.77. The van der Waals surface area contributed by atoms with Crippen molar-refractivity contribution in [2.75, 3.05) is 52.4 Å². The first kappa shape index (κ1) is 18.9. The molecule has 8 heteroatoms. The standard InChI is InChI=1S/C20H28N6O2/c27-20(19-16-26(23-22-19)17-6-8-21-9-7-17)25-12-10-24(11-13-25)14-15-28-18-4-2-1-3-5-18/h1-5,16-17,21H,6-15H2. The number of rotatable bonds is 6. The molecule has 2 aliphatic heterocycles. The number of piperazine rings is 1. The molecule has 2 saturated heterocycles. The van der Waals surface area contributed by atoms with Gasteiger partial charge in [0.05, 0.1) is 12.2 Å². The molecule has 1 N–H and O–H groups in total. The minimum absolute atomic E-state index is 0.0135. The van der Waals surface area contributed by atoms with Crippen LogP contribution >= 0.6 is 0 Å². The largest absolute Gasteiger partial charge is 0.492 e. The van der Waals surface area contributed by atoms with Crippen LogP contribution in [0, 0.1) is 0 Å². The molecule has 0 radical (unpaired) electrons. The van der Waals surface area contributed by atoms with Crippen molar-refractivity contribution in [3.05, 3.63) is 42.2 Å². The van der Waals surface area contributed by atoms with Crippen molar-refractivity contribution in [1.82, 2.24) is 30.1 Å². The molecule has 1 aromatic carbocycles. The van der Waals surface area contributed by atoms with Gasteiger partial charge in [-0.1, -0.05) is 23.4 Å². The number of nitrogens with one attached hydrogen (secondary N) is 1. The monoisotopic (exact) mass is 384 g/mol. The van der Waals surface area contributed by atoms with Crippen LogP contribution in [0.15, 0.2) is 36.5 Å². The van der Waals surface area contributed by atoms with Gasteiger partial charge in [0.15, 0.2) is 5.69 Å². The second-order valence-corrected chi connectivity index (χ2v) is 7.36. The van der Waals surface area contributed by atoms with Crippen LogP contribution in [0.3, 0.4) is 0 Å². The Balaban J connectivity index is 1.22. The Morgan fingerprint density at radius 1 is 1.11 bits per heavy atom. The zero-order valence-electron chi connectivity index (χ0n) is 16.2. The maximum atomic E-state index is 12.8. The number of hydrogen-bond acceptors (Lipinski definition) is 6. The molecule has 28 heavy (non-hydrogen) atoms. The molecule has 3 heterocycles. The molecule has 2 aromatic rings. The predicted molar refractivity (Wildman–Crippen MR) is 105 cm³/mol. The molecular formula is C20H28N6O2. The smallest absolute Gasteiger partial charge is 0.276 e.